The lowest BCUT2D eigenvalue weighted by Crippen LogP contribution is -2.28. The average Bonchev–Trinajstić information content (AvgIpc) is 3.45. The molecule has 5 heterocycles. The number of pyridine rings is 1. The van der Waals surface area contributed by atoms with Crippen molar-refractivity contribution in [2.75, 3.05) is 25.6 Å². The molecule has 1 atom stereocenters. The van der Waals surface area contributed by atoms with Crippen LogP contribution in [0.1, 0.15) is 50.0 Å². The largest absolute Gasteiger partial charge is 0.381 e. The maximum Gasteiger partial charge on any atom is 0.261 e. The Morgan fingerprint density at radius 1 is 0.971 bits per heavy atom. The third kappa shape index (κ3) is 4.07. The fourth-order valence-electron chi connectivity index (χ4n) is 4.82. The molecule has 0 unspecified atom stereocenters. The summed E-state index contributed by atoms with van der Waals surface area (Å²) in [5, 5.41) is 11.9. The number of aromatic nitrogens is 7. The highest BCUT2D eigenvalue weighted by Gasteiger charge is 2.47. The molecule has 0 bridgehead atoms. The number of rotatable bonds is 7. The van der Waals surface area contributed by atoms with E-state index in [1.165, 1.54) is 0 Å². The van der Waals surface area contributed by atoms with E-state index >= 15 is 0 Å². The Hall–Kier alpha value is -3.66. The minimum Gasteiger partial charge on any atom is -0.381 e. The molecule has 0 radical (unpaired) electrons. The maximum atomic E-state index is 5.73. The minimum absolute atomic E-state index is 0.348. The van der Waals surface area contributed by atoms with Crippen LogP contribution in [0.4, 0.5) is 5.95 Å². The van der Waals surface area contributed by atoms with Gasteiger partial charge in [-0.3, -0.25) is 9.67 Å². The second kappa shape index (κ2) is 8.84. The molecule has 2 aliphatic rings. The molecule has 1 saturated heterocycles. The fraction of sp³-hybridized carbons (Fsp3) is 0.440. The van der Waals surface area contributed by atoms with Gasteiger partial charge in [0.2, 0.25) is 5.95 Å². The van der Waals surface area contributed by atoms with Crippen molar-refractivity contribution >= 4 is 5.95 Å². The van der Waals surface area contributed by atoms with Gasteiger partial charge in [0, 0.05) is 50.6 Å². The molecule has 1 N–H and O–H groups in total. The van der Waals surface area contributed by atoms with E-state index in [-0.39, 0.29) is 5.41 Å². The van der Waals surface area contributed by atoms with Crippen LogP contribution in [0.3, 0.4) is 0 Å². The van der Waals surface area contributed by atoms with Gasteiger partial charge >= 0.3 is 0 Å². The van der Waals surface area contributed by atoms with Crippen LogP contribution in [-0.4, -0.2) is 55.1 Å². The van der Waals surface area contributed by atoms with E-state index < -0.39 is 0 Å². The lowest BCUT2D eigenvalue weighted by molar-refractivity contribution is 0.0662. The van der Waals surface area contributed by atoms with Gasteiger partial charge in [-0.25, -0.2) is 9.97 Å². The van der Waals surface area contributed by atoms with E-state index in [9.17, 15) is 0 Å². The number of hydrogen-bond donors (Lipinski definition) is 1. The van der Waals surface area contributed by atoms with Gasteiger partial charge in [-0.1, -0.05) is 11.2 Å². The van der Waals surface area contributed by atoms with Crippen molar-refractivity contribution in [1.82, 2.24) is 34.9 Å². The molecule has 1 aliphatic heterocycles. The molecule has 0 aromatic carbocycles. The van der Waals surface area contributed by atoms with E-state index in [1.54, 1.807) is 25.6 Å². The predicted octanol–water partition coefficient (Wildman–Crippen LogP) is 3.89. The van der Waals surface area contributed by atoms with Crippen LogP contribution >= 0.6 is 0 Å². The lowest BCUT2D eigenvalue weighted by atomic mass is 9.77. The molecule has 0 spiro atoms. The fourth-order valence-corrected chi connectivity index (χ4v) is 4.82. The van der Waals surface area contributed by atoms with Crippen LogP contribution in [0.15, 0.2) is 47.6 Å². The summed E-state index contributed by atoms with van der Waals surface area (Å²) in [4.78, 5) is 18.1. The molecule has 4 aromatic heterocycles. The summed E-state index contributed by atoms with van der Waals surface area (Å²) in [7, 11) is 1.79. The average molecular weight is 473 g/mol. The molecule has 0 amide bonds. The Kier molecular flexibility index (Phi) is 5.52. The maximum absolute atomic E-state index is 5.73. The lowest BCUT2D eigenvalue weighted by Gasteiger charge is -2.26. The summed E-state index contributed by atoms with van der Waals surface area (Å²) in [5.41, 5.74) is 3.22. The minimum atomic E-state index is -0.379. The van der Waals surface area contributed by atoms with Crippen LogP contribution in [-0.2, 0) is 10.2 Å². The molecule has 10 heteroatoms. The van der Waals surface area contributed by atoms with Crippen LogP contribution < -0.4 is 5.32 Å². The Labute approximate surface area is 203 Å². The number of anilines is 1. The highest BCUT2D eigenvalue weighted by atomic mass is 16.5. The normalized spacial score (nSPS) is 18.3. The number of nitrogens with zero attached hydrogens (tertiary/aromatic N) is 7. The molecule has 35 heavy (non-hydrogen) atoms. The van der Waals surface area contributed by atoms with Crippen LogP contribution in [0.2, 0.25) is 0 Å². The third-order valence-electron chi connectivity index (χ3n) is 7.23. The van der Waals surface area contributed by atoms with Crippen molar-refractivity contribution in [3.63, 3.8) is 0 Å². The molecule has 10 nitrogen and oxygen atoms in total. The van der Waals surface area contributed by atoms with Crippen LogP contribution in [0.5, 0.6) is 0 Å². The van der Waals surface area contributed by atoms with E-state index in [0.29, 0.717) is 29.6 Å². The first-order chi connectivity index (χ1) is 17.1. The standard InChI is InChI=1S/C25H28N8O2/c1-25(18-3-4-18,19-5-6-21(27-14-19)16-11-28-24(26-2)29-12-16)23-31-22(35-32-23)17-13-30-33(15-17)20-7-9-34-10-8-20/h5-6,11-15,18,20H,3-4,7-10H2,1-2H3,(H,26,28,29)/t25-/m0/s1. The van der Waals surface area contributed by atoms with Crippen molar-refractivity contribution in [1.29, 1.82) is 0 Å². The smallest absolute Gasteiger partial charge is 0.261 e. The van der Waals surface area contributed by atoms with E-state index in [4.69, 9.17) is 19.2 Å². The van der Waals surface area contributed by atoms with Gasteiger partial charge in [0.05, 0.1) is 28.9 Å². The highest BCUT2D eigenvalue weighted by Crippen LogP contribution is 2.50. The van der Waals surface area contributed by atoms with E-state index in [1.807, 2.05) is 23.1 Å². The van der Waals surface area contributed by atoms with Gasteiger partial charge in [0.15, 0.2) is 5.82 Å². The van der Waals surface area contributed by atoms with Gasteiger partial charge in [-0.15, -0.1) is 0 Å². The zero-order valence-electron chi connectivity index (χ0n) is 19.9. The number of ether oxygens (including phenoxy) is 1. The van der Waals surface area contributed by atoms with Crippen molar-refractivity contribution in [2.45, 2.75) is 44.1 Å². The van der Waals surface area contributed by atoms with Crippen molar-refractivity contribution < 1.29 is 9.26 Å². The van der Waals surface area contributed by atoms with Gasteiger partial charge in [0.25, 0.3) is 5.89 Å². The summed E-state index contributed by atoms with van der Waals surface area (Å²) >= 11 is 0. The highest BCUT2D eigenvalue weighted by molar-refractivity contribution is 5.58. The Morgan fingerprint density at radius 2 is 1.77 bits per heavy atom. The first-order valence-corrected chi connectivity index (χ1v) is 12.1. The quantitative estimate of drug-likeness (QED) is 0.427. The SMILES string of the molecule is CNc1ncc(-c2ccc([C@@](C)(c3noc(-c4cnn(C5CCOCC5)c4)n3)C3CC3)cn2)cn1. The molecule has 180 valence electrons. The number of hydrogen-bond acceptors (Lipinski definition) is 9. The Morgan fingerprint density at radius 3 is 2.46 bits per heavy atom. The second-order valence-corrected chi connectivity index (χ2v) is 9.43. The van der Waals surface area contributed by atoms with E-state index in [2.05, 4.69) is 38.5 Å². The summed E-state index contributed by atoms with van der Waals surface area (Å²) in [5.74, 6) is 2.21. The van der Waals surface area contributed by atoms with Crippen molar-refractivity contribution in [3.05, 3.63) is 54.5 Å². The summed E-state index contributed by atoms with van der Waals surface area (Å²) in [6.45, 7) is 3.73. The predicted molar refractivity (Wildman–Crippen MR) is 129 cm³/mol. The van der Waals surface area contributed by atoms with Gasteiger partial charge in [0.1, 0.15) is 0 Å². The Balaban J connectivity index is 1.27. The molecule has 2 fully saturated rings. The van der Waals surface area contributed by atoms with E-state index in [0.717, 1.165) is 61.3 Å². The zero-order chi connectivity index (χ0) is 23.8. The van der Waals surface area contributed by atoms with Gasteiger partial charge in [-0.05, 0) is 50.2 Å². The second-order valence-electron chi connectivity index (χ2n) is 9.43. The van der Waals surface area contributed by atoms with Crippen molar-refractivity contribution in [2.24, 2.45) is 5.92 Å². The summed E-state index contributed by atoms with van der Waals surface area (Å²) < 4.78 is 13.2. The molecular formula is C25H28N8O2. The van der Waals surface area contributed by atoms with Gasteiger partial charge < -0.3 is 14.6 Å². The number of nitrogens with one attached hydrogen (secondary N) is 1. The van der Waals surface area contributed by atoms with Gasteiger partial charge in [-0.2, -0.15) is 10.1 Å². The summed E-state index contributed by atoms with van der Waals surface area (Å²) in [6, 6.07) is 4.46. The first-order valence-electron chi connectivity index (χ1n) is 12.1. The molecule has 1 aliphatic carbocycles. The molecule has 1 saturated carbocycles. The van der Waals surface area contributed by atoms with Crippen molar-refractivity contribution in [3.8, 4) is 22.7 Å². The molecule has 4 aromatic rings. The monoisotopic (exact) mass is 472 g/mol. The first kappa shape index (κ1) is 21.8. The third-order valence-corrected chi connectivity index (χ3v) is 7.23. The summed E-state index contributed by atoms with van der Waals surface area (Å²) in [6.07, 6.45) is 13.4. The Bertz CT molecular complexity index is 1290. The van der Waals surface area contributed by atoms with Crippen LogP contribution in [0.25, 0.3) is 22.7 Å². The van der Waals surface area contributed by atoms with Crippen LogP contribution in [0, 0.1) is 5.92 Å². The zero-order valence-corrected chi connectivity index (χ0v) is 19.9. The topological polar surface area (TPSA) is 117 Å². The molecular weight excluding hydrogens is 444 g/mol. The molecule has 6 rings (SSSR count).